The van der Waals surface area contributed by atoms with Gasteiger partial charge in [-0.2, -0.15) is 5.10 Å². The number of nitrogens with zero attached hydrogens (tertiary/aromatic N) is 2. The van der Waals surface area contributed by atoms with Crippen LogP contribution < -0.4 is 0 Å². The Hall–Kier alpha value is -1.39. The van der Waals surface area contributed by atoms with Crippen molar-refractivity contribution in [3.63, 3.8) is 0 Å². The van der Waals surface area contributed by atoms with Crippen molar-refractivity contribution in [3.8, 4) is 0 Å². The van der Waals surface area contributed by atoms with Crippen LogP contribution in [0.2, 0.25) is 5.02 Å². The molecule has 0 aliphatic heterocycles. The molecule has 0 spiro atoms. The van der Waals surface area contributed by atoms with Crippen LogP contribution in [0.15, 0.2) is 30.5 Å². The molecule has 1 N–H and O–H groups in total. The fourth-order valence-corrected chi connectivity index (χ4v) is 1.97. The van der Waals surface area contributed by atoms with Gasteiger partial charge in [-0.15, -0.1) is 0 Å². The highest BCUT2D eigenvalue weighted by atomic mass is 35.5. The molecule has 1 heterocycles. The predicted molar refractivity (Wildman–Crippen MR) is 63.4 cm³/mol. The molecule has 0 bridgehead atoms. The first-order valence-electron chi connectivity index (χ1n) is 5.28. The molecule has 0 aliphatic rings. The molecule has 0 amide bonds. The van der Waals surface area contributed by atoms with Crippen molar-refractivity contribution in [1.29, 1.82) is 0 Å². The molecule has 2 rings (SSSR count). The zero-order chi connectivity index (χ0) is 12.4. The molecule has 1 aromatic heterocycles. The fraction of sp³-hybridized carbons (Fsp3) is 0.250. The van der Waals surface area contributed by atoms with Gasteiger partial charge in [0.2, 0.25) is 0 Å². The lowest BCUT2D eigenvalue weighted by molar-refractivity contribution is 0.207. The second kappa shape index (κ2) is 4.85. The van der Waals surface area contributed by atoms with E-state index in [1.807, 2.05) is 6.92 Å². The van der Waals surface area contributed by atoms with E-state index in [9.17, 15) is 9.50 Å². The number of hydrogen-bond donors (Lipinski definition) is 1. The Kier molecular flexibility index (Phi) is 3.45. The Morgan fingerprint density at radius 3 is 2.94 bits per heavy atom. The minimum Gasteiger partial charge on any atom is -0.382 e. The standard InChI is InChI=1S/C12H12ClFN2O/c1-2-16-11(10(13)7-15-16)12(17)8-4-3-5-9(14)6-8/h3-7,12,17H,2H2,1H3. The van der Waals surface area contributed by atoms with Crippen LogP contribution in [-0.2, 0) is 6.54 Å². The third kappa shape index (κ3) is 2.33. The van der Waals surface area contributed by atoms with E-state index in [2.05, 4.69) is 5.10 Å². The summed E-state index contributed by atoms with van der Waals surface area (Å²) < 4.78 is 14.7. The van der Waals surface area contributed by atoms with Crippen LogP contribution in [0.4, 0.5) is 4.39 Å². The van der Waals surface area contributed by atoms with Gasteiger partial charge >= 0.3 is 0 Å². The van der Waals surface area contributed by atoms with Gasteiger partial charge in [0.15, 0.2) is 0 Å². The second-order valence-electron chi connectivity index (χ2n) is 3.65. The summed E-state index contributed by atoms with van der Waals surface area (Å²) in [6.07, 6.45) is 0.503. The Morgan fingerprint density at radius 2 is 2.29 bits per heavy atom. The van der Waals surface area contributed by atoms with Crippen molar-refractivity contribution < 1.29 is 9.50 Å². The molecule has 0 aliphatic carbocycles. The zero-order valence-corrected chi connectivity index (χ0v) is 10.0. The Bertz CT molecular complexity index is 527. The van der Waals surface area contributed by atoms with Crippen molar-refractivity contribution in [1.82, 2.24) is 9.78 Å². The minimum absolute atomic E-state index is 0.378. The number of aliphatic hydroxyl groups is 1. The second-order valence-corrected chi connectivity index (χ2v) is 4.06. The summed E-state index contributed by atoms with van der Waals surface area (Å²) in [5.41, 5.74) is 0.946. The Balaban J connectivity index is 2.43. The number of aryl methyl sites for hydroxylation is 1. The smallest absolute Gasteiger partial charge is 0.123 e. The highest BCUT2D eigenvalue weighted by molar-refractivity contribution is 6.31. The first-order valence-corrected chi connectivity index (χ1v) is 5.66. The first kappa shape index (κ1) is 12.1. The average Bonchev–Trinajstić information content (AvgIpc) is 2.69. The monoisotopic (exact) mass is 254 g/mol. The van der Waals surface area contributed by atoms with E-state index in [4.69, 9.17) is 11.6 Å². The van der Waals surface area contributed by atoms with Crippen LogP contribution in [0.3, 0.4) is 0 Å². The predicted octanol–water partition coefficient (Wildman–Crippen LogP) is 2.78. The van der Waals surface area contributed by atoms with Gasteiger partial charge in [-0.05, 0) is 24.6 Å². The van der Waals surface area contributed by atoms with E-state index in [1.54, 1.807) is 16.8 Å². The molecule has 1 unspecified atom stereocenters. The summed E-state index contributed by atoms with van der Waals surface area (Å²) in [5.74, 6) is -0.389. The van der Waals surface area contributed by atoms with E-state index in [1.165, 1.54) is 18.3 Å². The topological polar surface area (TPSA) is 38.0 Å². The van der Waals surface area contributed by atoms with Crippen LogP contribution in [0.1, 0.15) is 24.3 Å². The molecule has 3 nitrogen and oxygen atoms in total. The third-order valence-corrected chi connectivity index (χ3v) is 2.85. The molecule has 0 saturated carbocycles. The fourth-order valence-electron chi connectivity index (χ4n) is 1.73. The summed E-state index contributed by atoms with van der Waals surface area (Å²) in [4.78, 5) is 0. The molecule has 0 saturated heterocycles. The average molecular weight is 255 g/mol. The van der Waals surface area contributed by atoms with E-state index in [0.29, 0.717) is 22.8 Å². The summed E-state index contributed by atoms with van der Waals surface area (Å²) in [7, 11) is 0. The number of aromatic nitrogens is 2. The van der Waals surface area contributed by atoms with Crippen molar-refractivity contribution in [3.05, 3.63) is 52.6 Å². The van der Waals surface area contributed by atoms with Gasteiger partial charge in [0.25, 0.3) is 0 Å². The Morgan fingerprint density at radius 1 is 1.53 bits per heavy atom. The number of rotatable bonds is 3. The number of aliphatic hydroxyl groups excluding tert-OH is 1. The quantitative estimate of drug-likeness (QED) is 0.915. The van der Waals surface area contributed by atoms with E-state index >= 15 is 0 Å². The van der Waals surface area contributed by atoms with Gasteiger partial charge in [-0.1, -0.05) is 23.7 Å². The number of benzene rings is 1. The largest absolute Gasteiger partial charge is 0.382 e. The van der Waals surface area contributed by atoms with Crippen molar-refractivity contribution in [2.24, 2.45) is 0 Å². The summed E-state index contributed by atoms with van der Waals surface area (Å²) in [5, 5.41) is 14.6. The van der Waals surface area contributed by atoms with Gasteiger partial charge in [0.1, 0.15) is 11.9 Å². The number of hydrogen-bond acceptors (Lipinski definition) is 2. The van der Waals surface area contributed by atoms with Crippen LogP contribution >= 0.6 is 11.6 Å². The maximum atomic E-state index is 13.1. The van der Waals surface area contributed by atoms with E-state index in [-0.39, 0.29) is 5.82 Å². The van der Waals surface area contributed by atoms with Crippen LogP contribution in [-0.4, -0.2) is 14.9 Å². The zero-order valence-electron chi connectivity index (χ0n) is 9.27. The molecule has 5 heteroatoms. The van der Waals surface area contributed by atoms with Crippen molar-refractivity contribution >= 4 is 11.6 Å². The van der Waals surface area contributed by atoms with Crippen molar-refractivity contribution in [2.45, 2.75) is 19.6 Å². The molecule has 90 valence electrons. The highest BCUT2D eigenvalue weighted by Gasteiger charge is 2.19. The number of halogens is 2. The highest BCUT2D eigenvalue weighted by Crippen LogP contribution is 2.28. The molecule has 17 heavy (non-hydrogen) atoms. The van der Waals surface area contributed by atoms with E-state index < -0.39 is 6.10 Å². The van der Waals surface area contributed by atoms with E-state index in [0.717, 1.165) is 0 Å². The first-order chi connectivity index (χ1) is 8.13. The van der Waals surface area contributed by atoms with Gasteiger partial charge in [-0.3, -0.25) is 4.68 Å². The molecule has 0 fully saturated rings. The molecule has 1 aromatic carbocycles. The lowest BCUT2D eigenvalue weighted by Gasteiger charge is -2.13. The van der Waals surface area contributed by atoms with Gasteiger partial charge < -0.3 is 5.11 Å². The van der Waals surface area contributed by atoms with Crippen molar-refractivity contribution in [2.75, 3.05) is 0 Å². The molecular formula is C12H12ClFN2O. The van der Waals surface area contributed by atoms with Crippen LogP contribution in [0, 0.1) is 5.82 Å². The molecule has 1 atom stereocenters. The normalized spacial score (nSPS) is 12.7. The summed E-state index contributed by atoms with van der Waals surface area (Å²) >= 11 is 5.97. The molecule has 0 radical (unpaired) electrons. The van der Waals surface area contributed by atoms with Crippen LogP contribution in [0.5, 0.6) is 0 Å². The Labute approximate surface area is 103 Å². The third-order valence-electron chi connectivity index (χ3n) is 2.56. The van der Waals surface area contributed by atoms with Crippen LogP contribution in [0.25, 0.3) is 0 Å². The lowest BCUT2D eigenvalue weighted by Crippen LogP contribution is -2.09. The molecule has 2 aromatic rings. The summed E-state index contributed by atoms with van der Waals surface area (Å²) in [6.45, 7) is 2.49. The SMILES string of the molecule is CCn1ncc(Cl)c1C(O)c1cccc(F)c1. The van der Waals surface area contributed by atoms with Gasteiger partial charge in [0.05, 0.1) is 16.9 Å². The molecular weight excluding hydrogens is 243 g/mol. The minimum atomic E-state index is -0.972. The summed E-state index contributed by atoms with van der Waals surface area (Å²) in [6, 6.07) is 5.81. The maximum Gasteiger partial charge on any atom is 0.123 e. The maximum absolute atomic E-state index is 13.1. The lowest BCUT2D eigenvalue weighted by atomic mass is 10.1. The van der Waals surface area contributed by atoms with Gasteiger partial charge in [-0.25, -0.2) is 4.39 Å². The van der Waals surface area contributed by atoms with Gasteiger partial charge in [0, 0.05) is 6.54 Å².